The summed E-state index contributed by atoms with van der Waals surface area (Å²) in [5.41, 5.74) is 1.04. The third kappa shape index (κ3) is 4.16. The maximum Gasteiger partial charge on any atom is 0.0634 e. The highest BCUT2D eigenvalue weighted by Gasteiger charge is 2.05. The summed E-state index contributed by atoms with van der Waals surface area (Å²) in [6.07, 6.45) is 5.16. The summed E-state index contributed by atoms with van der Waals surface area (Å²) >= 11 is 5.98. The first kappa shape index (κ1) is 12.4. The second-order valence-electron chi connectivity index (χ2n) is 3.47. The Morgan fingerprint density at radius 2 is 2.40 bits per heavy atom. The highest BCUT2D eigenvalue weighted by atomic mass is 35.5. The molecule has 0 fully saturated rings. The number of aromatic nitrogens is 1. The third-order valence-electron chi connectivity index (χ3n) is 2.41. The third-order valence-corrected chi connectivity index (χ3v) is 2.75. The van der Waals surface area contributed by atoms with Gasteiger partial charge in [0, 0.05) is 31.6 Å². The van der Waals surface area contributed by atoms with E-state index in [9.17, 15) is 0 Å². The van der Waals surface area contributed by atoms with E-state index in [1.807, 2.05) is 6.07 Å². The molecule has 0 spiro atoms. The normalized spacial score (nSPS) is 12.7. The van der Waals surface area contributed by atoms with E-state index in [1.165, 1.54) is 0 Å². The molecule has 0 aliphatic rings. The molecule has 15 heavy (non-hydrogen) atoms. The molecule has 84 valence electrons. The van der Waals surface area contributed by atoms with Crippen molar-refractivity contribution in [2.45, 2.75) is 32.4 Å². The summed E-state index contributed by atoms with van der Waals surface area (Å²) in [5, 5.41) is 12.9. The van der Waals surface area contributed by atoms with Crippen molar-refractivity contribution in [1.29, 1.82) is 0 Å². The average Bonchev–Trinajstić information content (AvgIpc) is 2.26. The molecule has 0 amide bonds. The number of halogens is 1. The standard InChI is InChI=1S/C11H17ClN2O/c1-2-10(4-6-15)14-7-9-3-5-13-8-11(9)12/h3,5,8,10,14-15H,2,4,6-7H2,1H3. The minimum atomic E-state index is 0.218. The maximum atomic E-state index is 8.84. The number of hydrogen-bond donors (Lipinski definition) is 2. The first-order chi connectivity index (χ1) is 7.27. The van der Waals surface area contributed by atoms with Gasteiger partial charge in [-0.3, -0.25) is 4.98 Å². The molecule has 0 aromatic carbocycles. The molecule has 0 saturated carbocycles. The molecule has 4 heteroatoms. The molecule has 1 atom stereocenters. The van der Waals surface area contributed by atoms with E-state index in [-0.39, 0.29) is 6.61 Å². The van der Waals surface area contributed by atoms with Crippen molar-refractivity contribution in [3.05, 3.63) is 29.0 Å². The first-order valence-corrected chi connectivity index (χ1v) is 5.58. The molecule has 0 bridgehead atoms. The van der Waals surface area contributed by atoms with Gasteiger partial charge in [0.25, 0.3) is 0 Å². The summed E-state index contributed by atoms with van der Waals surface area (Å²) in [7, 11) is 0. The number of nitrogens with zero attached hydrogens (tertiary/aromatic N) is 1. The fraction of sp³-hybridized carbons (Fsp3) is 0.545. The highest BCUT2D eigenvalue weighted by molar-refractivity contribution is 6.31. The summed E-state index contributed by atoms with van der Waals surface area (Å²) in [6, 6.07) is 2.25. The number of aliphatic hydroxyl groups excluding tert-OH is 1. The fourth-order valence-corrected chi connectivity index (χ4v) is 1.59. The molecule has 0 aliphatic heterocycles. The minimum absolute atomic E-state index is 0.218. The lowest BCUT2D eigenvalue weighted by molar-refractivity contribution is 0.262. The number of pyridine rings is 1. The van der Waals surface area contributed by atoms with Crippen LogP contribution in [0.3, 0.4) is 0 Å². The number of nitrogens with one attached hydrogen (secondary N) is 1. The summed E-state index contributed by atoms with van der Waals surface area (Å²) < 4.78 is 0. The monoisotopic (exact) mass is 228 g/mol. The van der Waals surface area contributed by atoms with Gasteiger partial charge in [0.15, 0.2) is 0 Å². The van der Waals surface area contributed by atoms with Crippen molar-refractivity contribution >= 4 is 11.6 Å². The molecule has 1 unspecified atom stereocenters. The van der Waals surface area contributed by atoms with Crippen LogP contribution in [0, 0.1) is 0 Å². The lowest BCUT2D eigenvalue weighted by Crippen LogP contribution is -2.28. The minimum Gasteiger partial charge on any atom is -0.396 e. The maximum absolute atomic E-state index is 8.84. The summed E-state index contributed by atoms with van der Waals surface area (Å²) in [6.45, 7) is 3.04. The smallest absolute Gasteiger partial charge is 0.0634 e. The zero-order chi connectivity index (χ0) is 11.1. The topological polar surface area (TPSA) is 45.1 Å². The van der Waals surface area contributed by atoms with E-state index in [2.05, 4.69) is 17.2 Å². The lowest BCUT2D eigenvalue weighted by Gasteiger charge is -2.15. The van der Waals surface area contributed by atoms with Gasteiger partial charge in [-0.05, 0) is 24.5 Å². The molecule has 0 aliphatic carbocycles. The molecule has 0 saturated heterocycles. The van der Waals surface area contributed by atoms with Crippen molar-refractivity contribution in [2.75, 3.05) is 6.61 Å². The van der Waals surface area contributed by atoms with Crippen molar-refractivity contribution in [3.63, 3.8) is 0 Å². The molecular weight excluding hydrogens is 212 g/mol. The molecule has 0 radical (unpaired) electrons. The van der Waals surface area contributed by atoms with Crippen LogP contribution in [-0.2, 0) is 6.54 Å². The van der Waals surface area contributed by atoms with Crippen LogP contribution in [0.4, 0.5) is 0 Å². The molecule has 1 heterocycles. The van der Waals surface area contributed by atoms with Crippen molar-refractivity contribution in [3.8, 4) is 0 Å². The Hall–Kier alpha value is -0.640. The molecule has 3 nitrogen and oxygen atoms in total. The van der Waals surface area contributed by atoms with Gasteiger partial charge in [-0.15, -0.1) is 0 Å². The zero-order valence-electron chi connectivity index (χ0n) is 8.91. The van der Waals surface area contributed by atoms with Crippen LogP contribution < -0.4 is 5.32 Å². The summed E-state index contributed by atoms with van der Waals surface area (Å²) in [4.78, 5) is 3.93. The van der Waals surface area contributed by atoms with Crippen molar-refractivity contribution in [1.82, 2.24) is 10.3 Å². The summed E-state index contributed by atoms with van der Waals surface area (Å²) in [5.74, 6) is 0. The Kier molecular flexibility index (Phi) is 5.61. The van der Waals surface area contributed by atoms with Gasteiger partial charge in [0.2, 0.25) is 0 Å². The van der Waals surface area contributed by atoms with Crippen LogP contribution in [0.5, 0.6) is 0 Å². The highest BCUT2D eigenvalue weighted by Crippen LogP contribution is 2.13. The van der Waals surface area contributed by atoms with Crippen LogP contribution in [0.15, 0.2) is 18.5 Å². The van der Waals surface area contributed by atoms with Crippen LogP contribution in [0.2, 0.25) is 5.02 Å². The molecule has 2 N–H and O–H groups in total. The van der Waals surface area contributed by atoms with Gasteiger partial charge in [0.05, 0.1) is 5.02 Å². The first-order valence-electron chi connectivity index (χ1n) is 5.20. The Bertz CT molecular complexity index is 294. The molecule has 1 aromatic rings. The van der Waals surface area contributed by atoms with Crippen LogP contribution in [0.25, 0.3) is 0 Å². The van der Waals surface area contributed by atoms with Crippen molar-refractivity contribution in [2.24, 2.45) is 0 Å². The Morgan fingerprint density at radius 1 is 1.60 bits per heavy atom. The predicted octanol–water partition coefficient (Wildman–Crippen LogP) is 1.99. The van der Waals surface area contributed by atoms with Gasteiger partial charge in [-0.2, -0.15) is 0 Å². The number of aliphatic hydroxyl groups is 1. The number of rotatable bonds is 6. The number of hydrogen-bond acceptors (Lipinski definition) is 3. The largest absolute Gasteiger partial charge is 0.396 e. The average molecular weight is 229 g/mol. The van der Waals surface area contributed by atoms with E-state index < -0.39 is 0 Å². The molecule has 1 aromatic heterocycles. The zero-order valence-corrected chi connectivity index (χ0v) is 9.67. The molecule has 1 rings (SSSR count). The second-order valence-corrected chi connectivity index (χ2v) is 3.87. The van der Waals surface area contributed by atoms with Gasteiger partial charge in [-0.25, -0.2) is 0 Å². The Balaban J connectivity index is 2.45. The quantitative estimate of drug-likeness (QED) is 0.783. The predicted molar refractivity (Wildman–Crippen MR) is 61.9 cm³/mol. The van der Waals surface area contributed by atoms with E-state index in [1.54, 1.807) is 12.4 Å². The van der Waals surface area contributed by atoms with Gasteiger partial charge < -0.3 is 10.4 Å². The van der Waals surface area contributed by atoms with Crippen LogP contribution in [-0.4, -0.2) is 22.7 Å². The van der Waals surface area contributed by atoms with Crippen molar-refractivity contribution < 1.29 is 5.11 Å². The SMILES string of the molecule is CCC(CCO)NCc1ccncc1Cl. The van der Waals surface area contributed by atoms with E-state index >= 15 is 0 Å². The van der Waals surface area contributed by atoms with E-state index in [4.69, 9.17) is 16.7 Å². The second kappa shape index (κ2) is 6.77. The van der Waals surface area contributed by atoms with Gasteiger partial charge in [-0.1, -0.05) is 18.5 Å². The Labute approximate surface area is 95.5 Å². The van der Waals surface area contributed by atoms with Gasteiger partial charge in [0.1, 0.15) is 0 Å². The van der Waals surface area contributed by atoms with Crippen LogP contribution in [0.1, 0.15) is 25.3 Å². The fourth-order valence-electron chi connectivity index (χ4n) is 1.41. The van der Waals surface area contributed by atoms with E-state index in [0.717, 1.165) is 24.9 Å². The van der Waals surface area contributed by atoms with Crippen LogP contribution >= 0.6 is 11.6 Å². The van der Waals surface area contributed by atoms with E-state index in [0.29, 0.717) is 11.1 Å². The molecular formula is C11H17ClN2O. The Morgan fingerprint density at radius 3 is 3.00 bits per heavy atom. The lowest BCUT2D eigenvalue weighted by atomic mass is 10.1. The van der Waals surface area contributed by atoms with Gasteiger partial charge >= 0.3 is 0 Å².